The number of aryl methyl sites for hydroxylation is 1. The van der Waals surface area contributed by atoms with Crippen LogP contribution in [0.2, 0.25) is 0 Å². The van der Waals surface area contributed by atoms with Crippen molar-refractivity contribution in [1.29, 1.82) is 0 Å². The van der Waals surface area contributed by atoms with Crippen molar-refractivity contribution in [1.82, 2.24) is 14.5 Å². The molecule has 0 saturated heterocycles. The van der Waals surface area contributed by atoms with Crippen LogP contribution in [0.15, 0.2) is 35.4 Å². The van der Waals surface area contributed by atoms with E-state index in [2.05, 4.69) is 32.1 Å². The fraction of sp³-hybridized carbons (Fsp3) is 0.182. The van der Waals surface area contributed by atoms with Crippen LogP contribution in [0.1, 0.15) is 11.3 Å². The molecule has 0 aliphatic heterocycles. The van der Waals surface area contributed by atoms with E-state index in [-0.39, 0.29) is 5.56 Å². The molecule has 0 fully saturated rings. The van der Waals surface area contributed by atoms with Gasteiger partial charge in [0, 0.05) is 23.5 Å². The molecule has 2 rings (SSSR count). The first kappa shape index (κ1) is 13.4. The molecular weight excluding hydrogens is 364 g/mol. The van der Waals surface area contributed by atoms with Crippen molar-refractivity contribution in [3.63, 3.8) is 0 Å². The van der Waals surface area contributed by atoms with Gasteiger partial charge in [-0.3, -0.25) is 9.78 Å². The third kappa shape index (κ3) is 3.49. The lowest BCUT2D eigenvalue weighted by molar-refractivity contribution is 0.303. The van der Waals surface area contributed by atoms with Crippen LogP contribution in [0.5, 0.6) is 5.75 Å². The highest BCUT2D eigenvalue weighted by Gasteiger charge is 2.01. The number of ether oxygens (including phenoxy) is 1. The molecule has 5 nitrogen and oxygen atoms in total. The van der Waals surface area contributed by atoms with Gasteiger partial charge < -0.3 is 4.74 Å². The molecule has 0 bridgehead atoms. The van der Waals surface area contributed by atoms with Gasteiger partial charge in [0.15, 0.2) is 0 Å². The van der Waals surface area contributed by atoms with Gasteiger partial charge in [-0.15, -0.1) is 0 Å². The topological polar surface area (TPSA) is 57.0 Å². The first-order valence-corrected chi connectivity index (χ1v) is 9.25. The third-order valence-corrected chi connectivity index (χ3v) is 4.10. The normalized spacial score (nSPS) is 11.0. The quantitative estimate of drug-likeness (QED) is 0.608. The monoisotopic (exact) mass is 375 g/mol. The van der Waals surface area contributed by atoms with Crippen LogP contribution in [0.4, 0.5) is 0 Å². The molecule has 0 N–H and O–H groups in total. The zero-order chi connectivity index (χ0) is 13.0. The van der Waals surface area contributed by atoms with E-state index in [4.69, 9.17) is 4.74 Å². The summed E-state index contributed by atoms with van der Waals surface area (Å²) in [6.07, 6.45) is 3.61. The fourth-order valence-corrected chi connectivity index (χ4v) is 2.62. The molecule has 2 heterocycles. The highest BCUT2D eigenvalue weighted by molar-refractivity contribution is 14.2. The minimum atomic E-state index is -0.151. The number of hydrogen-bond donors (Lipinski definition) is 0. The van der Waals surface area contributed by atoms with Crippen molar-refractivity contribution in [3.8, 4) is 5.75 Å². The lowest BCUT2D eigenvalue weighted by Crippen LogP contribution is -2.14. The lowest BCUT2D eigenvalue weighted by Gasteiger charge is -2.06. The van der Waals surface area contributed by atoms with Crippen molar-refractivity contribution in [2.45, 2.75) is 13.5 Å². The van der Waals surface area contributed by atoms with Gasteiger partial charge in [-0.1, -0.05) is 6.07 Å². The van der Waals surface area contributed by atoms with Gasteiger partial charge >= 0.3 is 0 Å². The van der Waals surface area contributed by atoms with Crippen LogP contribution < -0.4 is 10.3 Å². The number of hydrogen-bond acceptors (Lipinski definition) is 4. The van der Waals surface area contributed by atoms with Crippen LogP contribution in [0, 0.1) is 6.92 Å². The maximum Gasteiger partial charge on any atom is 0.274 e. The molecule has 94 valence electrons. The predicted octanol–water partition coefficient (Wildman–Crippen LogP) is 2.32. The van der Waals surface area contributed by atoms with Gasteiger partial charge in [-0.05, 0) is 35.0 Å². The molecule has 7 heteroatoms. The molecule has 2 aromatic rings. The molecule has 0 aliphatic rings. The van der Waals surface area contributed by atoms with Crippen LogP contribution in [0.3, 0.4) is 0 Å². The average molecular weight is 375 g/mol. The summed E-state index contributed by atoms with van der Waals surface area (Å²) in [6, 6.07) is 5.32. The van der Waals surface area contributed by atoms with E-state index in [1.165, 1.54) is 10.5 Å². The van der Waals surface area contributed by atoms with Gasteiger partial charge in [-0.25, -0.2) is 4.45 Å². The molecule has 0 spiro atoms. The van der Waals surface area contributed by atoms with Crippen molar-refractivity contribution < 1.29 is 4.74 Å². The summed E-state index contributed by atoms with van der Waals surface area (Å²) < 4.78 is 6.89. The van der Waals surface area contributed by atoms with Crippen LogP contribution >= 0.6 is 28.4 Å². The molecule has 0 radical (unpaired) electrons. The molecule has 2 aromatic heterocycles. The van der Waals surface area contributed by atoms with Crippen molar-refractivity contribution >= 4 is 28.4 Å². The van der Waals surface area contributed by atoms with Crippen LogP contribution in [0.25, 0.3) is 0 Å². The van der Waals surface area contributed by atoms with E-state index in [0.29, 0.717) is 18.7 Å². The zero-order valence-corrected chi connectivity index (χ0v) is 12.8. The van der Waals surface area contributed by atoms with Gasteiger partial charge in [0.2, 0.25) is 0 Å². The molecule has 1 unspecified atom stereocenters. The summed E-state index contributed by atoms with van der Waals surface area (Å²) in [5.41, 5.74) is 1.77. The van der Waals surface area contributed by atoms with Crippen molar-refractivity contribution in [2.24, 2.45) is 0 Å². The molecular formula is C11H11IN3O2P. The largest absolute Gasteiger partial charge is 0.487 e. The Bertz CT molecular complexity index is 586. The highest BCUT2D eigenvalue weighted by atomic mass is 127. The lowest BCUT2D eigenvalue weighted by atomic mass is 10.3. The summed E-state index contributed by atoms with van der Waals surface area (Å²) in [5.74, 6) is 0.478. The Morgan fingerprint density at radius 3 is 2.89 bits per heavy atom. The highest BCUT2D eigenvalue weighted by Crippen LogP contribution is 2.19. The molecule has 0 aliphatic carbocycles. The second-order valence-electron chi connectivity index (χ2n) is 3.62. The summed E-state index contributed by atoms with van der Waals surface area (Å²) in [5, 5.41) is 3.99. The molecule has 18 heavy (non-hydrogen) atoms. The first-order valence-electron chi connectivity index (χ1n) is 5.19. The number of pyridine rings is 1. The Labute approximate surface area is 119 Å². The summed E-state index contributed by atoms with van der Waals surface area (Å²) in [4.78, 5) is 15.7. The maximum absolute atomic E-state index is 11.5. The van der Waals surface area contributed by atoms with Crippen molar-refractivity contribution in [3.05, 3.63) is 52.2 Å². The van der Waals surface area contributed by atoms with Crippen LogP contribution in [-0.2, 0) is 6.61 Å². The number of rotatable bonds is 4. The summed E-state index contributed by atoms with van der Waals surface area (Å²) in [7, 11) is 0. The summed E-state index contributed by atoms with van der Waals surface area (Å²) >= 11 is 2.10. The minimum Gasteiger partial charge on any atom is -0.487 e. The van der Waals surface area contributed by atoms with Gasteiger partial charge in [0.1, 0.15) is 12.4 Å². The minimum absolute atomic E-state index is 0.151. The van der Waals surface area contributed by atoms with E-state index in [0.717, 1.165) is 11.3 Å². The van der Waals surface area contributed by atoms with Gasteiger partial charge in [0.05, 0.1) is 12.6 Å². The zero-order valence-electron chi connectivity index (χ0n) is 9.63. The van der Waals surface area contributed by atoms with E-state index in [1.54, 1.807) is 12.4 Å². The Balaban J connectivity index is 2.04. The Morgan fingerprint density at radius 2 is 2.28 bits per heavy atom. The van der Waals surface area contributed by atoms with E-state index >= 15 is 0 Å². The molecule has 0 saturated carbocycles. The van der Waals surface area contributed by atoms with Gasteiger partial charge in [-0.2, -0.15) is 5.10 Å². The second kappa shape index (κ2) is 6.24. The smallest absolute Gasteiger partial charge is 0.274 e. The molecule has 1 atom stereocenters. The standard InChI is InChI=1S/C11H11IN3O2P/c1-8-2-3-9(5-13-8)7-17-10-4-11(16)15(18-12)14-6-10/h2-6,18H,7H2,1H3. The van der Waals surface area contributed by atoms with E-state index in [9.17, 15) is 4.79 Å². The predicted molar refractivity (Wildman–Crippen MR) is 79.5 cm³/mol. The second-order valence-corrected chi connectivity index (χ2v) is 5.66. The Hall–Kier alpha value is -1.01. The average Bonchev–Trinajstić information content (AvgIpc) is 2.38. The van der Waals surface area contributed by atoms with E-state index < -0.39 is 0 Å². The van der Waals surface area contributed by atoms with E-state index in [1.807, 2.05) is 19.1 Å². The number of nitrogens with zero attached hydrogens (tertiary/aromatic N) is 3. The molecule has 0 amide bonds. The Kier molecular flexibility index (Phi) is 4.66. The van der Waals surface area contributed by atoms with Crippen molar-refractivity contribution in [2.75, 3.05) is 0 Å². The SMILES string of the molecule is Cc1ccc(COc2cnn(PI)c(=O)c2)cn1. The third-order valence-electron chi connectivity index (χ3n) is 2.23. The maximum atomic E-state index is 11.5. The van der Waals surface area contributed by atoms with Crippen LogP contribution in [-0.4, -0.2) is 14.5 Å². The van der Waals surface area contributed by atoms with Gasteiger partial charge in [0.25, 0.3) is 5.56 Å². The fourth-order valence-electron chi connectivity index (χ4n) is 1.28. The Morgan fingerprint density at radius 1 is 1.44 bits per heavy atom. The molecule has 0 aromatic carbocycles. The summed E-state index contributed by atoms with van der Waals surface area (Å²) in [6.45, 7) is 2.31. The first-order chi connectivity index (χ1) is 8.69. The number of halogens is 1. The number of aromatic nitrogens is 3.